The van der Waals surface area contributed by atoms with Crippen molar-refractivity contribution in [1.82, 2.24) is 4.98 Å². The normalized spacial score (nSPS) is 20.4. The van der Waals surface area contributed by atoms with Gasteiger partial charge in [0.05, 0.1) is 18.0 Å². The van der Waals surface area contributed by atoms with Gasteiger partial charge in [-0.15, -0.1) is 0 Å². The maximum atomic E-state index is 5.54. The molecule has 4 heteroatoms. The van der Waals surface area contributed by atoms with Gasteiger partial charge in [-0.25, -0.2) is 4.98 Å². The van der Waals surface area contributed by atoms with Crippen LogP contribution in [0.5, 0.6) is 0 Å². The van der Waals surface area contributed by atoms with Crippen molar-refractivity contribution in [2.45, 2.75) is 25.4 Å². The molecular formula is C11H17N3O. The molecular weight excluding hydrogens is 190 g/mol. The zero-order valence-corrected chi connectivity index (χ0v) is 8.78. The van der Waals surface area contributed by atoms with Gasteiger partial charge >= 0.3 is 0 Å². The van der Waals surface area contributed by atoms with E-state index in [0.29, 0.717) is 11.8 Å². The summed E-state index contributed by atoms with van der Waals surface area (Å²) in [5, 5.41) is 3.25. The second-order valence-electron chi connectivity index (χ2n) is 3.83. The number of hydrogen-bond donors (Lipinski definition) is 2. The predicted molar refractivity (Wildman–Crippen MR) is 60.7 cm³/mol. The maximum Gasteiger partial charge on any atom is 0.126 e. The molecule has 82 valence electrons. The molecule has 0 spiro atoms. The Kier molecular flexibility index (Phi) is 3.40. The highest BCUT2D eigenvalue weighted by atomic mass is 16.5. The number of ether oxygens (including phenoxy) is 1. The Morgan fingerprint density at radius 3 is 3.13 bits per heavy atom. The molecule has 0 aliphatic carbocycles. The third-order valence-corrected chi connectivity index (χ3v) is 2.58. The number of anilines is 2. The lowest BCUT2D eigenvalue weighted by atomic mass is 10.2. The number of nitrogens with two attached hydrogens (primary N) is 1. The molecule has 0 saturated carbocycles. The van der Waals surface area contributed by atoms with Crippen molar-refractivity contribution >= 4 is 11.5 Å². The molecule has 15 heavy (non-hydrogen) atoms. The molecule has 2 heterocycles. The molecule has 4 nitrogen and oxygen atoms in total. The number of nitrogens with zero attached hydrogens (tertiary/aromatic N) is 1. The van der Waals surface area contributed by atoms with Gasteiger partial charge in [-0.2, -0.15) is 0 Å². The van der Waals surface area contributed by atoms with Crippen molar-refractivity contribution in [2.24, 2.45) is 0 Å². The van der Waals surface area contributed by atoms with Crippen LogP contribution in [-0.2, 0) is 4.74 Å². The molecule has 1 atom stereocenters. The lowest BCUT2D eigenvalue weighted by molar-refractivity contribution is 0.107. The quantitative estimate of drug-likeness (QED) is 0.788. The van der Waals surface area contributed by atoms with E-state index in [0.717, 1.165) is 25.4 Å². The number of nitrogen functional groups attached to an aromatic ring is 1. The molecule has 1 aliphatic heterocycles. The number of rotatable bonds is 4. The van der Waals surface area contributed by atoms with Gasteiger partial charge in [0.25, 0.3) is 0 Å². The van der Waals surface area contributed by atoms with Crippen molar-refractivity contribution in [3.63, 3.8) is 0 Å². The fourth-order valence-corrected chi connectivity index (χ4v) is 1.74. The van der Waals surface area contributed by atoms with E-state index in [2.05, 4.69) is 10.3 Å². The summed E-state index contributed by atoms with van der Waals surface area (Å²) in [5.41, 5.74) is 6.24. The van der Waals surface area contributed by atoms with Crippen molar-refractivity contribution in [1.29, 1.82) is 0 Å². The van der Waals surface area contributed by atoms with Gasteiger partial charge in [0.1, 0.15) is 5.82 Å². The van der Waals surface area contributed by atoms with Crippen molar-refractivity contribution in [3.8, 4) is 0 Å². The van der Waals surface area contributed by atoms with E-state index in [1.54, 1.807) is 6.20 Å². The Hall–Kier alpha value is -1.29. The van der Waals surface area contributed by atoms with Crippen LogP contribution < -0.4 is 11.1 Å². The third-order valence-electron chi connectivity index (χ3n) is 2.58. The van der Waals surface area contributed by atoms with Crippen LogP contribution in [0, 0.1) is 0 Å². The van der Waals surface area contributed by atoms with Crippen LogP contribution in [0.15, 0.2) is 18.3 Å². The van der Waals surface area contributed by atoms with E-state index in [4.69, 9.17) is 10.5 Å². The van der Waals surface area contributed by atoms with Crippen molar-refractivity contribution in [2.75, 3.05) is 24.2 Å². The number of aromatic nitrogens is 1. The van der Waals surface area contributed by atoms with Crippen LogP contribution in [0.4, 0.5) is 11.5 Å². The third kappa shape index (κ3) is 3.09. The zero-order chi connectivity index (χ0) is 10.5. The lowest BCUT2D eigenvalue weighted by Gasteiger charge is -2.10. The van der Waals surface area contributed by atoms with Crippen LogP contribution in [0.1, 0.15) is 19.3 Å². The average Bonchev–Trinajstić information content (AvgIpc) is 2.74. The first-order valence-electron chi connectivity index (χ1n) is 5.41. The maximum absolute atomic E-state index is 5.54. The van der Waals surface area contributed by atoms with Gasteiger partial charge in [-0.3, -0.25) is 0 Å². The average molecular weight is 207 g/mol. The molecule has 0 radical (unpaired) electrons. The Labute approximate surface area is 89.8 Å². The first-order valence-corrected chi connectivity index (χ1v) is 5.41. The molecule has 0 unspecified atom stereocenters. The lowest BCUT2D eigenvalue weighted by Crippen LogP contribution is -2.12. The Bertz CT molecular complexity index is 293. The molecule has 0 bridgehead atoms. The molecule has 1 fully saturated rings. The van der Waals surface area contributed by atoms with E-state index in [1.807, 2.05) is 12.1 Å². The number of nitrogens with one attached hydrogen (secondary N) is 1. The molecule has 0 aromatic carbocycles. The van der Waals surface area contributed by atoms with Gasteiger partial charge < -0.3 is 15.8 Å². The Balaban J connectivity index is 1.71. The minimum absolute atomic E-state index is 0.436. The number of hydrogen-bond acceptors (Lipinski definition) is 4. The van der Waals surface area contributed by atoms with E-state index < -0.39 is 0 Å². The highest BCUT2D eigenvalue weighted by Gasteiger charge is 2.14. The van der Waals surface area contributed by atoms with Gasteiger partial charge in [0, 0.05) is 13.2 Å². The van der Waals surface area contributed by atoms with Crippen molar-refractivity contribution < 1.29 is 4.74 Å². The highest BCUT2D eigenvalue weighted by molar-refractivity contribution is 5.43. The second-order valence-corrected chi connectivity index (χ2v) is 3.83. The van der Waals surface area contributed by atoms with E-state index in [9.17, 15) is 0 Å². The minimum atomic E-state index is 0.436. The molecule has 1 aliphatic rings. The topological polar surface area (TPSA) is 60.2 Å². The molecule has 1 aromatic heterocycles. The van der Waals surface area contributed by atoms with Gasteiger partial charge in [-0.1, -0.05) is 0 Å². The van der Waals surface area contributed by atoms with E-state index >= 15 is 0 Å². The summed E-state index contributed by atoms with van der Waals surface area (Å²) in [5.74, 6) is 0.877. The molecule has 1 aromatic rings. The summed E-state index contributed by atoms with van der Waals surface area (Å²) >= 11 is 0. The Morgan fingerprint density at radius 1 is 1.53 bits per heavy atom. The van der Waals surface area contributed by atoms with Crippen molar-refractivity contribution in [3.05, 3.63) is 18.3 Å². The first-order chi connectivity index (χ1) is 7.34. The van der Waals surface area contributed by atoms with Crippen LogP contribution in [0.25, 0.3) is 0 Å². The fourth-order valence-electron chi connectivity index (χ4n) is 1.74. The largest absolute Gasteiger partial charge is 0.397 e. The summed E-state index contributed by atoms with van der Waals surface area (Å²) in [4.78, 5) is 4.17. The molecule has 3 N–H and O–H groups in total. The summed E-state index contributed by atoms with van der Waals surface area (Å²) < 4.78 is 5.53. The van der Waals surface area contributed by atoms with Gasteiger partial charge in [0.2, 0.25) is 0 Å². The smallest absolute Gasteiger partial charge is 0.126 e. The van der Waals surface area contributed by atoms with Crippen LogP contribution in [-0.4, -0.2) is 24.2 Å². The molecule has 0 amide bonds. The first kappa shape index (κ1) is 10.2. The summed E-state index contributed by atoms with van der Waals surface area (Å²) in [6.45, 7) is 1.83. The summed E-state index contributed by atoms with van der Waals surface area (Å²) in [6, 6.07) is 3.74. The summed E-state index contributed by atoms with van der Waals surface area (Å²) in [6.07, 6.45) is 5.54. The minimum Gasteiger partial charge on any atom is -0.397 e. The van der Waals surface area contributed by atoms with Crippen LogP contribution in [0.2, 0.25) is 0 Å². The fraction of sp³-hybridized carbons (Fsp3) is 0.545. The van der Waals surface area contributed by atoms with E-state index in [-0.39, 0.29) is 0 Å². The van der Waals surface area contributed by atoms with E-state index in [1.165, 1.54) is 12.8 Å². The van der Waals surface area contributed by atoms with Crippen LogP contribution >= 0.6 is 0 Å². The molecule has 1 saturated heterocycles. The Morgan fingerprint density at radius 2 is 2.47 bits per heavy atom. The standard InChI is InChI=1S/C11H17N3O/c12-9-3-4-11(14-8-9)13-6-5-10-2-1-7-15-10/h3-4,8,10H,1-2,5-7,12H2,(H,13,14)/t10-/m1/s1. The van der Waals surface area contributed by atoms with Crippen LogP contribution in [0.3, 0.4) is 0 Å². The number of pyridine rings is 1. The second kappa shape index (κ2) is 4.98. The predicted octanol–water partition coefficient (Wildman–Crippen LogP) is 1.64. The molecule has 2 rings (SSSR count). The van der Waals surface area contributed by atoms with Gasteiger partial charge in [0.15, 0.2) is 0 Å². The van der Waals surface area contributed by atoms with Gasteiger partial charge in [-0.05, 0) is 31.4 Å². The zero-order valence-electron chi connectivity index (χ0n) is 8.78. The SMILES string of the molecule is Nc1ccc(NCC[C@H]2CCCO2)nc1. The summed E-state index contributed by atoms with van der Waals surface area (Å²) in [7, 11) is 0. The highest BCUT2D eigenvalue weighted by Crippen LogP contribution is 2.15. The monoisotopic (exact) mass is 207 g/mol.